The Kier molecular flexibility index (Phi) is 6.37. The number of guanidine groups is 1. The van der Waals surface area contributed by atoms with Crippen LogP contribution in [0.15, 0.2) is 29.3 Å². The molecule has 0 saturated heterocycles. The third-order valence-electron chi connectivity index (χ3n) is 4.99. The van der Waals surface area contributed by atoms with E-state index in [2.05, 4.69) is 35.6 Å². The molecule has 1 aromatic heterocycles. The van der Waals surface area contributed by atoms with E-state index in [0.717, 1.165) is 42.0 Å². The summed E-state index contributed by atoms with van der Waals surface area (Å²) in [7, 11) is 1.98. The summed E-state index contributed by atoms with van der Waals surface area (Å²) in [6.07, 6.45) is 2.59. The topological polar surface area (TPSA) is 63.5 Å². The number of para-hydroxylation sites is 1. The van der Waals surface area contributed by atoms with E-state index >= 15 is 0 Å². The van der Waals surface area contributed by atoms with Gasteiger partial charge in [-0.3, -0.25) is 4.68 Å². The van der Waals surface area contributed by atoms with Crippen LogP contribution in [0, 0.1) is 19.8 Å². The van der Waals surface area contributed by atoms with Gasteiger partial charge in [0.1, 0.15) is 5.75 Å². The number of nitrogens with zero attached hydrogens (tertiary/aromatic N) is 3. The average Bonchev–Trinajstić information content (AvgIpc) is 3.45. The first-order valence-corrected chi connectivity index (χ1v) is 9.80. The molecule has 2 N–H and O–H groups in total. The van der Waals surface area contributed by atoms with Crippen LogP contribution in [0.1, 0.15) is 42.3 Å². The number of ether oxygens (including phenoxy) is 1. The second-order valence-corrected chi connectivity index (χ2v) is 7.18. The fourth-order valence-electron chi connectivity index (χ4n) is 3.02. The largest absolute Gasteiger partial charge is 0.493 e. The number of rotatable bonds is 8. The summed E-state index contributed by atoms with van der Waals surface area (Å²) in [4.78, 5) is 4.76. The van der Waals surface area contributed by atoms with Gasteiger partial charge in [0.2, 0.25) is 0 Å². The van der Waals surface area contributed by atoms with Gasteiger partial charge in [0.25, 0.3) is 0 Å². The van der Waals surface area contributed by atoms with E-state index in [4.69, 9.17) is 9.73 Å². The lowest BCUT2D eigenvalue weighted by Gasteiger charge is -2.13. The molecule has 0 unspecified atom stereocenters. The van der Waals surface area contributed by atoms with Crippen molar-refractivity contribution in [1.29, 1.82) is 0 Å². The molecule has 146 valence electrons. The van der Waals surface area contributed by atoms with Gasteiger partial charge in [-0.2, -0.15) is 5.10 Å². The van der Waals surface area contributed by atoms with E-state index in [1.54, 1.807) is 0 Å². The highest BCUT2D eigenvalue weighted by Gasteiger charge is 2.22. The molecular formula is C21H31N5O. The van der Waals surface area contributed by atoms with E-state index < -0.39 is 0 Å². The molecule has 3 rings (SSSR count). The Labute approximate surface area is 162 Å². The summed E-state index contributed by atoms with van der Waals surface area (Å²) >= 11 is 0. The smallest absolute Gasteiger partial charge is 0.191 e. The Morgan fingerprint density at radius 2 is 2.04 bits per heavy atom. The van der Waals surface area contributed by atoms with E-state index in [-0.39, 0.29) is 0 Å². The van der Waals surface area contributed by atoms with Crippen LogP contribution in [-0.4, -0.2) is 28.9 Å². The number of aliphatic imine (C=N–C) groups is 1. The number of hydrogen-bond donors (Lipinski definition) is 2. The maximum Gasteiger partial charge on any atom is 0.191 e. The SMILES string of the molecule is CCNC(=NCc1ccccc1OCC1CC1)NCc1c(C)nn(C)c1C. The van der Waals surface area contributed by atoms with Crippen LogP contribution >= 0.6 is 0 Å². The fraction of sp³-hybridized carbons (Fsp3) is 0.524. The van der Waals surface area contributed by atoms with Crippen molar-refractivity contribution >= 4 is 5.96 Å². The number of benzene rings is 1. The van der Waals surface area contributed by atoms with Gasteiger partial charge in [0.15, 0.2) is 5.96 Å². The van der Waals surface area contributed by atoms with Crippen molar-refractivity contribution in [2.45, 2.75) is 46.7 Å². The van der Waals surface area contributed by atoms with E-state index in [1.165, 1.54) is 24.1 Å². The van der Waals surface area contributed by atoms with Gasteiger partial charge < -0.3 is 15.4 Å². The number of aryl methyl sites for hydroxylation is 2. The molecule has 0 atom stereocenters. The van der Waals surface area contributed by atoms with Crippen LogP contribution in [0.2, 0.25) is 0 Å². The molecule has 0 amide bonds. The Morgan fingerprint density at radius 1 is 1.26 bits per heavy atom. The summed E-state index contributed by atoms with van der Waals surface area (Å²) in [6.45, 7) is 9.13. The molecule has 1 aromatic carbocycles. The minimum absolute atomic E-state index is 0.585. The maximum atomic E-state index is 6.00. The molecule has 0 spiro atoms. The molecule has 0 aliphatic heterocycles. The Balaban J connectivity index is 1.65. The van der Waals surface area contributed by atoms with Crippen molar-refractivity contribution in [2.24, 2.45) is 18.0 Å². The van der Waals surface area contributed by atoms with E-state index in [1.807, 2.05) is 36.9 Å². The van der Waals surface area contributed by atoms with Crippen molar-refractivity contribution in [3.05, 3.63) is 46.8 Å². The molecule has 1 heterocycles. The molecule has 1 fully saturated rings. The molecule has 6 nitrogen and oxygen atoms in total. The minimum Gasteiger partial charge on any atom is -0.493 e. The van der Waals surface area contributed by atoms with Gasteiger partial charge in [-0.25, -0.2) is 4.99 Å². The molecule has 1 saturated carbocycles. The quantitative estimate of drug-likeness (QED) is 0.554. The van der Waals surface area contributed by atoms with Crippen LogP contribution in [0.25, 0.3) is 0 Å². The maximum absolute atomic E-state index is 6.00. The molecule has 27 heavy (non-hydrogen) atoms. The molecule has 0 radical (unpaired) electrons. The highest BCUT2D eigenvalue weighted by atomic mass is 16.5. The van der Waals surface area contributed by atoms with Gasteiger partial charge in [-0.1, -0.05) is 18.2 Å². The summed E-state index contributed by atoms with van der Waals surface area (Å²) < 4.78 is 7.92. The monoisotopic (exact) mass is 369 g/mol. The highest BCUT2D eigenvalue weighted by Crippen LogP contribution is 2.30. The highest BCUT2D eigenvalue weighted by molar-refractivity contribution is 5.79. The summed E-state index contributed by atoms with van der Waals surface area (Å²) in [5.74, 6) is 2.49. The van der Waals surface area contributed by atoms with Crippen molar-refractivity contribution in [3.63, 3.8) is 0 Å². The fourth-order valence-corrected chi connectivity index (χ4v) is 3.02. The third kappa shape index (κ3) is 5.25. The molecule has 2 aromatic rings. The van der Waals surface area contributed by atoms with Crippen molar-refractivity contribution in [2.75, 3.05) is 13.2 Å². The van der Waals surface area contributed by atoms with Crippen LogP contribution in [0.4, 0.5) is 0 Å². The predicted octanol–water partition coefficient (Wildman–Crippen LogP) is 3.08. The van der Waals surface area contributed by atoms with Gasteiger partial charge in [0, 0.05) is 37.0 Å². The van der Waals surface area contributed by atoms with Crippen LogP contribution in [-0.2, 0) is 20.1 Å². The predicted molar refractivity (Wildman–Crippen MR) is 109 cm³/mol. The van der Waals surface area contributed by atoms with Crippen molar-refractivity contribution < 1.29 is 4.74 Å². The van der Waals surface area contributed by atoms with Crippen LogP contribution < -0.4 is 15.4 Å². The normalized spacial score (nSPS) is 14.3. The number of hydrogen-bond acceptors (Lipinski definition) is 3. The zero-order valence-corrected chi connectivity index (χ0v) is 16.9. The second kappa shape index (κ2) is 8.93. The molecule has 0 bridgehead atoms. The van der Waals surface area contributed by atoms with Gasteiger partial charge >= 0.3 is 0 Å². The third-order valence-corrected chi connectivity index (χ3v) is 4.99. The Morgan fingerprint density at radius 3 is 2.70 bits per heavy atom. The molecule has 6 heteroatoms. The molecule has 1 aliphatic rings. The number of nitrogens with one attached hydrogen (secondary N) is 2. The lowest BCUT2D eigenvalue weighted by molar-refractivity contribution is 0.297. The first-order chi connectivity index (χ1) is 13.1. The van der Waals surface area contributed by atoms with Crippen LogP contribution in [0.3, 0.4) is 0 Å². The first kappa shape index (κ1) is 19.3. The van der Waals surface area contributed by atoms with Crippen LogP contribution in [0.5, 0.6) is 5.75 Å². The van der Waals surface area contributed by atoms with Gasteiger partial charge in [0.05, 0.1) is 18.8 Å². The standard InChI is InChI=1S/C21H31N5O/c1-5-22-21(24-13-19-15(2)25-26(4)16(19)3)23-12-18-8-6-7-9-20(18)27-14-17-10-11-17/h6-9,17H,5,10-14H2,1-4H3,(H2,22,23,24). The van der Waals surface area contributed by atoms with E-state index in [9.17, 15) is 0 Å². The number of aromatic nitrogens is 2. The average molecular weight is 370 g/mol. The van der Waals surface area contributed by atoms with E-state index in [0.29, 0.717) is 13.1 Å². The first-order valence-electron chi connectivity index (χ1n) is 9.80. The molecule has 1 aliphatic carbocycles. The lowest BCUT2D eigenvalue weighted by atomic mass is 10.2. The minimum atomic E-state index is 0.585. The van der Waals surface area contributed by atoms with Gasteiger partial charge in [-0.05, 0) is 45.6 Å². The molecular weight excluding hydrogens is 338 g/mol. The summed E-state index contributed by atoms with van der Waals surface area (Å²) in [5, 5.41) is 11.2. The summed E-state index contributed by atoms with van der Waals surface area (Å²) in [6, 6.07) is 8.19. The zero-order valence-electron chi connectivity index (χ0n) is 16.9. The zero-order chi connectivity index (χ0) is 19.2. The van der Waals surface area contributed by atoms with Crippen molar-refractivity contribution in [1.82, 2.24) is 20.4 Å². The van der Waals surface area contributed by atoms with Crippen molar-refractivity contribution in [3.8, 4) is 5.75 Å². The second-order valence-electron chi connectivity index (χ2n) is 7.18. The lowest BCUT2D eigenvalue weighted by Crippen LogP contribution is -2.37. The Hall–Kier alpha value is -2.50. The summed E-state index contributed by atoms with van der Waals surface area (Å²) in [5.41, 5.74) is 4.56. The van der Waals surface area contributed by atoms with Gasteiger partial charge in [-0.15, -0.1) is 0 Å². The Bertz CT molecular complexity index is 792.